The van der Waals surface area contributed by atoms with Gasteiger partial charge < -0.3 is 28.4 Å². The molecule has 0 aromatic heterocycles. The van der Waals surface area contributed by atoms with Crippen LogP contribution >= 0.6 is 0 Å². The quantitative estimate of drug-likeness (QED) is 0.0757. The summed E-state index contributed by atoms with van der Waals surface area (Å²) in [5.41, 5.74) is 5.14. The summed E-state index contributed by atoms with van der Waals surface area (Å²) in [7, 11) is 0. The van der Waals surface area contributed by atoms with Crippen LogP contribution in [0.2, 0.25) is 0 Å². The largest absolute Gasteiger partial charge is 0.491 e. The summed E-state index contributed by atoms with van der Waals surface area (Å²) in [6.07, 6.45) is 19.9. The number of hydrogen-bond donors (Lipinski definition) is 0. The van der Waals surface area contributed by atoms with Crippen molar-refractivity contribution in [3.8, 4) is 11.5 Å². The summed E-state index contributed by atoms with van der Waals surface area (Å²) in [6.45, 7) is 32.2. The minimum atomic E-state index is 0.132. The highest BCUT2D eigenvalue weighted by molar-refractivity contribution is 5.69. The van der Waals surface area contributed by atoms with Crippen LogP contribution in [0.1, 0.15) is 29.2 Å². The van der Waals surface area contributed by atoms with Crippen molar-refractivity contribution in [3.05, 3.63) is 181 Å². The lowest BCUT2D eigenvalue weighted by Crippen LogP contribution is -2.04. The number of hydrogen-bond acceptors (Lipinski definition) is 6. The summed E-state index contributed by atoms with van der Waals surface area (Å²) in [4.78, 5) is 0. The fourth-order valence-corrected chi connectivity index (χ4v) is 4.57. The third-order valence-electron chi connectivity index (χ3n) is 7.40. The van der Waals surface area contributed by atoms with Crippen LogP contribution in [0.25, 0.3) is 24.3 Å². The average molecular weight is 657 g/mol. The van der Waals surface area contributed by atoms with Gasteiger partial charge in [-0.2, -0.15) is 0 Å². The van der Waals surface area contributed by atoms with Crippen molar-refractivity contribution < 1.29 is 28.4 Å². The Bertz CT molecular complexity index is 1750. The molecule has 252 valence electrons. The van der Waals surface area contributed by atoms with Crippen molar-refractivity contribution in [3.63, 3.8) is 0 Å². The molecule has 6 nitrogen and oxygen atoms in total. The number of epoxide rings is 2. The Hall–Kier alpha value is -5.56. The second-order valence-corrected chi connectivity index (χ2v) is 11.0. The molecule has 0 aliphatic carbocycles. The van der Waals surface area contributed by atoms with Gasteiger partial charge in [-0.05, 0) is 107 Å². The highest BCUT2D eigenvalue weighted by Gasteiger charge is 2.24. The lowest BCUT2D eigenvalue weighted by molar-refractivity contribution is 0.195. The number of allylic oxidation sites excluding steroid dienone is 9. The Morgan fingerprint density at radius 3 is 1.82 bits per heavy atom. The Morgan fingerprint density at radius 2 is 1.27 bits per heavy atom. The Labute approximate surface area is 290 Å². The summed E-state index contributed by atoms with van der Waals surface area (Å²) in [6, 6.07) is 11.5. The topological polar surface area (TPSA) is 62.0 Å². The highest BCUT2D eigenvalue weighted by Crippen LogP contribution is 2.27. The second-order valence-electron chi connectivity index (χ2n) is 11.0. The molecule has 0 saturated carbocycles. The molecule has 0 bridgehead atoms. The molecule has 0 radical (unpaired) electrons. The summed E-state index contributed by atoms with van der Waals surface area (Å²) in [5, 5.41) is 0. The minimum Gasteiger partial charge on any atom is -0.491 e. The number of benzene rings is 2. The van der Waals surface area contributed by atoms with Gasteiger partial charge in [0.2, 0.25) is 0 Å². The number of ether oxygens (including phenoxy) is 6. The Kier molecular flexibility index (Phi) is 13.4. The molecule has 0 spiro atoms. The van der Waals surface area contributed by atoms with Crippen LogP contribution in [-0.2, 0) is 18.9 Å². The van der Waals surface area contributed by atoms with Gasteiger partial charge in [-0.1, -0.05) is 82.5 Å². The van der Waals surface area contributed by atoms with E-state index in [2.05, 4.69) is 46.1 Å². The van der Waals surface area contributed by atoms with Gasteiger partial charge in [0.25, 0.3) is 0 Å². The van der Waals surface area contributed by atoms with Gasteiger partial charge in [0.15, 0.2) is 0 Å². The van der Waals surface area contributed by atoms with Gasteiger partial charge in [-0.3, -0.25) is 0 Å². The molecule has 2 unspecified atom stereocenters. The van der Waals surface area contributed by atoms with Crippen LogP contribution in [0.3, 0.4) is 0 Å². The SMILES string of the molecule is C=CC(=C/C)/C(=C\C(=C)O/C(C=C)=C/c1cc(OCC2CO2)ccc1C=C)/C=C(\C=C)Oc1ccc(C=C)c(/C=C(\C=C)OCC2CO2)c1. The van der Waals surface area contributed by atoms with Crippen LogP contribution in [-0.4, -0.2) is 38.6 Å². The van der Waals surface area contributed by atoms with E-state index in [4.69, 9.17) is 28.4 Å². The van der Waals surface area contributed by atoms with E-state index in [1.165, 1.54) is 0 Å². The van der Waals surface area contributed by atoms with Gasteiger partial charge >= 0.3 is 0 Å². The fraction of sp³-hybridized carbons (Fsp3) is 0.163. The molecule has 0 N–H and O–H groups in total. The Balaban J connectivity index is 1.57. The van der Waals surface area contributed by atoms with E-state index < -0.39 is 0 Å². The first-order chi connectivity index (χ1) is 23.8. The normalized spacial score (nSPS) is 17.7. The summed E-state index contributed by atoms with van der Waals surface area (Å²) >= 11 is 0. The first-order valence-electron chi connectivity index (χ1n) is 15.9. The molecular weight excluding hydrogens is 612 g/mol. The van der Waals surface area contributed by atoms with Crippen LogP contribution in [0.15, 0.2) is 159 Å². The van der Waals surface area contributed by atoms with Crippen molar-refractivity contribution in [2.75, 3.05) is 26.4 Å². The predicted molar refractivity (Wildman–Crippen MR) is 202 cm³/mol. The zero-order valence-corrected chi connectivity index (χ0v) is 28.2. The monoisotopic (exact) mass is 656 g/mol. The van der Waals surface area contributed by atoms with Crippen molar-refractivity contribution in [2.24, 2.45) is 0 Å². The van der Waals surface area contributed by atoms with Crippen molar-refractivity contribution in [1.82, 2.24) is 0 Å². The molecule has 2 aliphatic heterocycles. The summed E-state index contributed by atoms with van der Waals surface area (Å²) in [5.74, 6) is 3.31. The van der Waals surface area contributed by atoms with E-state index in [0.29, 0.717) is 48.6 Å². The third-order valence-corrected chi connectivity index (χ3v) is 7.40. The zero-order valence-electron chi connectivity index (χ0n) is 28.2. The molecule has 0 amide bonds. The molecule has 4 rings (SSSR count). The van der Waals surface area contributed by atoms with Gasteiger partial charge in [-0.15, -0.1) is 0 Å². The fourth-order valence-electron chi connectivity index (χ4n) is 4.57. The van der Waals surface area contributed by atoms with E-state index in [9.17, 15) is 0 Å². The van der Waals surface area contributed by atoms with E-state index >= 15 is 0 Å². The maximum absolute atomic E-state index is 6.30. The van der Waals surface area contributed by atoms with Gasteiger partial charge in [-0.25, -0.2) is 0 Å². The van der Waals surface area contributed by atoms with Crippen molar-refractivity contribution >= 4 is 24.3 Å². The van der Waals surface area contributed by atoms with E-state index in [1.807, 2.05) is 67.6 Å². The molecule has 2 aromatic rings. The minimum absolute atomic E-state index is 0.132. The Morgan fingerprint density at radius 1 is 0.694 bits per heavy atom. The molecule has 2 saturated heterocycles. The van der Waals surface area contributed by atoms with Crippen molar-refractivity contribution in [2.45, 2.75) is 19.1 Å². The highest BCUT2D eigenvalue weighted by atomic mass is 16.6. The third kappa shape index (κ3) is 11.3. The molecule has 2 aromatic carbocycles. The van der Waals surface area contributed by atoms with E-state index in [-0.39, 0.29) is 12.2 Å². The predicted octanol–water partition coefficient (Wildman–Crippen LogP) is 9.96. The average Bonchev–Trinajstić information content (AvgIpc) is 4.05. The van der Waals surface area contributed by atoms with Gasteiger partial charge in [0, 0.05) is 0 Å². The smallest absolute Gasteiger partial charge is 0.128 e. The zero-order chi connectivity index (χ0) is 35.2. The van der Waals surface area contributed by atoms with Crippen LogP contribution in [0.5, 0.6) is 11.5 Å². The van der Waals surface area contributed by atoms with Crippen LogP contribution in [0.4, 0.5) is 0 Å². The number of rotatable bonds is 21. The molecule has 2 heterocycles. The molecule has 2 aliphatic rings. The molecule has 2 atom stereocenters. The first kappa shape index (κ1) is 36.3. The standard InChI is InChI=1S/C43H44O6/c1-9-31(10-2)34(20-30(8)48-38(14-6)23-36-24-40(18-16-32(36)11-3)45-27-43-29-47-43)22-39(15-7)49-41-19-17-33(12-4)35(25-41)21-37(13-5)44-26-42-28-46-42/h9-25,42-43H,1,3-8,26-29H2,2H3/b31-10-,34-20-,37-21+,38-23+,39-22+. The lowest BCUT2D eigenvalue weighted by Gasteiger charge is -2.13. The van der Waals surface area contributed by atoms with E-state index in [0.717, 1.165) is 45.8 Å². The van der Waals surface area contributed by atoms with Gasteiger partial charge in [0.05, 0.1) is 13.2 Å². The van der Waals surface area contributed by atoms with E-state index in [1.54, 1.807) is 42.5 Å². The van der Waals surface area contributed by atoms with Gasteiger partial charge in [0.1, 0.15) is 60.0 Å². The van der Waals surface area contributed by atoms with Crippen molar-refractivity contribution in [1.29, 1.82) is 0 Å². The second kappa shape index (κ2) is 18.1. The van der Waals surface area contributed by atoms with Crippen LogP contribution in [0, 0.1) is 0 Å². The molecule has 49 heavy (non-hydrogen) atoms. The molecule has 2 fully saturated rings. The maximum atomic E-state index is 6.30. The maximum Gasteiger partial charge on any atom is 0.128 e. The first-order valence-corrected chi connectivity index (χ1v) is 15.9. The summed E-state index contributed by atoms with van der Waals surface area (Å²) < 4.78 is 34.7. The van der Waals surface area contributed by atoms with Crippen LogP contribution < -0.4 is 9.47 Å². The molecule has 6 heteroatoms. The molecular formula is C43H44O6. The lowest BCUT2D eigenvalue weighted by atomic mass is 10.0.